The van der Waals surface area contributed by atoms with E-state index in [1.54, 1.807) is 24.3 Å². The molecule has 1 aromatic carbocycles. The molecule has 0 spiro atoms. The Labute approximate surface area is 105 Å². The van der Waals surface area contributed by atoms with Gasteiger partial charge in [0.15, 0.2) is 0 Å². The summed E-state index contributed by atoms with van der Waals surface area (Å²) in [4.78, 5) is 13.3. The molecule has 1 aliphatic heterocycles. The van der Waals surface area contributed by atoms with Crippen LogP contribution < -0.4 is 10.1 Å². The molecule has 18 heavy (non-hydrogen) atoms. The molecule has 0 unspecified atom stereocenters. The van der Waals surface area contributed by atoms with Gasteiger partial charge in [0, 0.05) is 0 Å². The number of aliphatic hydroxyl groups excluding tert-OH is 2. The molecule has 1 heterocycles. The SMILES string of the molecule is COc1ccccc1NC(=O)N1C[C@@H](O)[C@@H](O)C1. The van der Waals surface area contributed by atoms with Crippen LogP contribution in [0.3, 0.4) is 0 Å². The van der Waals surface area contributed by atoms with Gasteiger partial charge in [-0.2, -0.15) is 0 Å². The molecule has 0 bridgehead atoms. The molecule has 0 aromatic heterocycles. The smallest absolute Gasteiger partial charge is 0.322 e. The van der Waals surface area contributed by atoms with Crippen LogP contribution in [0.25, 0.3) is 0 Å². The van der Waals surface area contributed by atoms with Gasteiger partial charge >= 0.3 is 6.03 Å². The van der Waals surface area contributed by atoms with Crippen molar-refractivity contribution in [1.29, 1.82) is 0 Å². The Morgan fingerprint density at radius 3 is 2.56 bits per heavy atom. The van der Waals surface area contributed by atoms with Gasteiger partial charge in [-0.05, 0) is 12.1 Å². The molecule has 2 rings (SSSR count). The third-order valence-corrected chi connectivity index (χ3v) is 2.89. The van der Waals surface area contributed by atoms with Gasteiger partial charge in [-0.15, -0.1) is 0 Å². The average molecular weight is 252 g/mol. The van der Waals surface area contributed by atoms with E-state index in [9.17, 15) is 15.0 Å². The second-order valence-corrected chi connectivity index (χ2v) is 4.17. The topological polar surface area (TPSA) is 82.0 Å². The van der Waals surface area contributed by atoms with E-state index in [0.29, 0.717) is 11.4 Å². The molecule has 6 nitrogen and oxygen atoms in total. The van der Waals surface area contributed by atoms with E-state index in [1.807, 2.05) is 0 Å². The summed E-state index contributed by atoms with van der Waals surface area (Å²) < 4.78 is 5.12. The highest BCUT2D eigenvalue weighted by atomic mass is 16.5. The zero-order valence-corrected chi connectivity index (χ0v) is 10.0. The number of carbonyl (C=O) groups excluding carboxylic acids is 1. The van der Waals surface area contributed by atoms with Crippen LogP contribution in [0.15, 0.2) is 24.3 Å². The standard InChI is InChI=1S/C12H16N2O4/c1-18-11-5-3-2-4-8(11)13-12(17)14-6-9(15)10(16)7-14/h2-5,9-10,15-16H,6-7H2,1H3,(H,13,17)/t9-,10+. The zero-order chi connectivity index (χ0) is 13.1. The monoisotopic (exact) mass is 252 g/mol. The lowest BCUT2D eigenvalue weighted by atomic mass is 10.3. The molecular weight excluding hydrogens is 236 g/mol. The highest BCUT2D eigenvalue weighted by Gasteiger charge is 2.32. The molecule has 0 radical (unpaired) electrons. The number of aliphatic hydroxyl groups is 2. The van der Waals surface area contributed by atoms with Crippen LogP contribution in [0, 0.1) is 0 Å². The lowest BCUT2D eigenvalue weighted by molar-refractivity contribution is 0.0572. The second-order valence-electron chi connectivity index (χ2n) is 4.17. The molecule has 0 saturated carbocycles. The Kier molecular flexibility index (Phi) is 3.69. The zero-order valence-electron chi connectivity index (χ0n) is 10.0. The molecule has 3 N–H and O–H groups in total. The van der Waals surface area contributed by atoms with Gasteiger partial charge < -0.3 is 25.2 Å². The van der Waals surface area contributed by atoms with Crippen molar-refractivity contribution in [2.45, 2.75) is 12.2 Å². The number of likely N-dealkylation sites (tertiary alicyclic amines) is 1. The van der Waals surface area contributed by atoms with Crippen LogP contribution in [0.2, 0.25) is 0 Å². The average Bonchev–Trinajstić information content (AvgIpc) is 2.70. The fraction of sp³-hybridized carbons (Fsp3) is 0.417. The number of ether oxygens (including phenoxy) is 1. The Morgan fingerprint density at radius 2 is 1.94 bits per heavy atom. The number of methoxy groups -OCH3 is 1. The maximum atomic E-state index is 11.9. The van der Waals surface area contributed by atoms with Crippen molar-refractivity contribution < 1.29 is 19.7 Å². The van der Waals surface area contributed by atoms with Crippen molar-refractivity contribution in [3.8, 4) is 5.75 Å². The number of carbonyl (C=O) groups is 1. The minimum absolute atomic E-state index is 0.127. The lowest BCUT2D eigenvalue weighted by Crippen LogP contribution is -2.34. The Hall–Kier alpha value is -1.79. The number of nitrogens with one attached hydrogen (secondary N) is 1. The molecule has 6 heteroatoms. The summed E-state index contributed by atoms with van der Waals surface area (Å²) in [5.41, 5.74) is 0.556. The third kappa shape index (κ3) is 2.55. The molecule has 0 aliphatic carbocycles. The summed E-state index contributed by atoms with van der Waals surface area (Å²) in [5, 5.41) is 21.5. The minimum atomic E-state index is -0.881. The molecule has 2 atom stereocenters. The van der Waals surface area contributed by atoms with Crippen LogP contribution in [0.4, 0.5) is 10.5 Å². The third-order valence-electron chi connectivity index (χ3n) is 2.89. The van der Waals surface area contributed by atoms with E-state index in [2.05, 4.69) is 5.32 Å². The number of nitrogens with zero attached hydrogens (tertiary/aromatic N) is 1. The minimum Gasteiger partial charge on any atom is -0.495 e. The maximum absolute atomic E-state index is 11.9. The number of β-amino-alcohol motifs (C(OH)–C–C–N with tert-alkyl or cyclic N) is 2. The molecule has 98 valence electrons. The van der Waals surface area contributed by atoms with Gasteiger partial charge in [-0.3, -0.25) is 0 Å². The van der Waals surface area contributed by atoms with Crippen molar-refractivity contribution in [1.82, 2.24) is 4.90 Å². The number of urea groups is 1. The summed E-state index contributed by atoms with van der Waals surface area (Å²) in [6, 6.07) is 6.68. The van der Waals surface area contributed by atoms with Crippen molar-refractivity contribution in [3.05, 3.63) is 24.3 Å². The fourth-order valence-electron chi connectivity index (χ4n) is 1.88. The van der Waals surface area contributed by atoms with E-state index >= 15 is 0 Å². The normalized spacial score (nSPS) is 22.9. The Morgan fingerprint density at radius 1 is 1.33 bits per heavy atom. The van der Waals surface area contributed by atoms with Crippen molar-refractivity contribution in [2.24, 2.45) is 0 Å². The summed E-state index contributed by atoms with van der Waals surface area (Å²) in [6.45, 7) is 0.254. The largest absolute Gasteiger partial charge is 0.495 e. The summed E-state index contributed by atoms with van der Waals surface area (Å²) in [5.74, 6) is 0.561. The van der Waals surface area contributed by atoms with Crippen molar-refractivity contribution in [2.75, 3.05) is 25.5 Å². The summed E-state index contributed by atoms with van der Waals surface area (Å²) in [7, 11) is 1.52. The number of amides is 2. The van der Waals surface area contributed by atoms with E-state index in [-0.39, 0.29) is 19.1 Å². The van der Waals surface area contributed by atoms with Gasteiger partial charge in [-0.1, -0.05) is 12.1 Å². The van der Waals surface area contributed by atoms with Crippen molar-refractivity contribution >= 4 is 11.7 Å². The first-order valence-corrected chi connectivity index (χ1v) is 5.67. The van der Waals surface area contributed by atoms with Gasteiger partial charge in [0.25, 0.3) is 0 Å². The van der Waals surface area contributed by atoms with Crippen molar-refractivity contribution in [3.63, 3.8) is 0 Å². The second kappa shape index (κ2) is 5.24. The van der Waals surface area contributed by atoms with E-state index < -0.39 is 12.2 Å². The molecule has 1 aliphatic rings. The van der Waals surface area contributed by atoms with Crippen LogP contribution in [0.5, 0.6) is 5.75 Å². The molecular formula is C12H16N2O4. The van der Waals surface area contributed by atoms with Gasteiger partial charge in [-0.25, -0.2) is 4.79 Å². The number of benzene rings is 1. The molecule has 1 saturated heterocycles. The van der Waals surface area contributed by atoms with E-state index in [4.69, 9.17) is 4.74 Å². The summed E-state index contributed by atoms with van der Waals surface area (Å²) >= 11 is 0. The van der Waals surface area contributed by atoms with Crippen LogP contribution in [-0.2, 0) is 0 Å². The number of hydrogen-bond donors (Lipinski definition) is 3. The van der Waals surface area contributed by atoms with Crippen LogP contribution >= 0.6 is 0 Å². The maximum Gasteiger partial charge on any atom is 0.322 e. The molecule has 1 aromatic rings. The number of para-hydroxylation sites is 2. The quantitative estimate of drug-likeness (QED) is 0.705. The Bertz CT molecular complexity index is 428. The number of hydrogen-bond acceptors (Lipinski definition) is 4. The fourth-order valence-corrected chi connectivity index (χ4v) is 1.88. The van der Waals surface area contributed by atoms with Crippen LogP contribution in [-0.4, -0.2) is 53.6 Å². The number of anilines is 1. The Balaban J connectivity index is 2.03. The molecule has 1 fully saturated rings. The number of rotatable bonds is 2. The van der Waals surface area contributed by atoms with Crippen LogP contribution in [0.1, 0.15) is 0 Å². The summed E-state index contributed by atoms with van der Waals surface area (Å²) in [6.07, 6.45) is -1.76. The highest BCUT2D eigenvalue weighted by molar-refractivity contribution is 5.91. The first-order valence-electron chi connectivity index (χ1n) is 5.67. The van der Waals surface area contributed by atoms with E-state index in [1.165, 1.54) is 12.0 Å². The first-order chi connectivity index (χ1) is 8.61. The van der Waals surface area contributed by atoms with Gasteiger partial charge in [0.2, 0.25) is 0 Å². The van der Waals surface area contributed by atoms with E-state index in [0.717, 1.165) is 0 Å². The molecule has 2 amide bonds. The first kappa shape index (κ1) is 12.7. The lowest BCUT2D eigenvalue weighted by Gasteiger charge is -2.17. The highest BCUT2D eigenvalue weighted by Crippen LogP contribution is 2.23. The predicted molar refractivity (Wildman–Crippen MR) is 65.6 cm³/mol. The van der Waals surface area contributed by atoms with Gasteiger partial charge in [0.05, 0.1) is 38.1 Å². The predicted octanol–water partition coefficient (Wildman–Crippen LogP) is 0.264. The van der Waals surface area contributed by atoms with Gasteiger partial charge in [0.1, 0.15) is 5.75 Å².